The number of hydrogen-bond donors (Lipinski definition) is 1. The first-order valence-electron chi connectivity index (χ1n) is 22.9. The molecule has 6 aromatic rings. The van der Waals surface area contributed by atoms with Crippen LogP contribution in [-0.4, -0.2) is 94.2 Å². The van der Waals surface area contributed by atoms with Crippen molar-refractivity contribution < 1.29 is 22.3 Å². The van der Waals surface area contributed by atoms with E-state index in [9.17, 15) is 18.5 Å². The lowest BCUT2D eigenvalue weighted by atomic mass is 9.99. The van der Waals surface area contributed by atoms with Gasteiger partial charge in [0, 0.05) is 106 Å². The fourth-order valence-electron chi connectivity index (χ4n) is 9.15. The summed E-state index contributed by atoms with van der Waals surface area (Å²) in [5.41, 5.74) is 6.19. The third-order valence-corrected chi connectivity index (χ3v) is 16.9. The second-order valence-corrected chi connectivity index (χ2v) is 23.2. The fourth-order valence-corrected chi connectivity index (χ4v) is 13.2. The number of sulfone groups is 1. The Kier molecular flexibility index (Phi) is 15.6. The molecular formula is C52H58ClFN7O5PS2. The maximum atomic E-state index is 15.8. The van der Waals surface area contributed by atoms with Crippen molar-refractivity contribution in [3.05, 3.63) is 154 Å². The van der Waals surface area contributed by atoms with Crippen LogP contribution in [0.5, 0.6) is 0 Å². The summed E-state index contributed by atoms with van der Waals surface area (Å²) < 4.78 is 53.3. The van der Waals surface area contributed by atoms with E-state index in [0.717, 1.165) is 45.9 Å². The second kappa shape index (κ2) is 21.6. The normalized spacial score (nSPS) is 15.7. The molecule has 69 heavy (non-hydrogen) atoms. The van der Waals surface area contributed by atoms with Crippen molar-refractivity contribution in [2.75, 3.05) is 85.2 Å². The van der Waals surface area contributed by atoms with E-state index in [1.54, 1.807) is 36.2 Å². The molecule has 0 saturated carbocycles. The number of hydrogen-bond acceptors (Lipinski definition) is 11. The third kappa shape index (κ3) is 11.6. The van der Waals surface area contributed by atoms with Gasteiger partial charge in [-0.25, -0.2) is 12.8 Å². The molecule has 3 heterocycles. The molecule has 2 aliphatic heterocycles. The molecular weight excluding hydrogens is 952 g/mol. The Morgan fingerprint density at radius 1 is 0.884 bits per heavy atom. The molecule has 0 radical (unpaired) electrons. The lowest BCUT2D eigenvalue weighted by molar-refractivity contribution is -0.383. The first-order valence-corrected chi connectivity index (χ1v) is 27.4. The summed E-state index contributed by atoms with van der Waals surface area (Å²) in [6.07, 6.45) is 5.64. The van der Waals surface area contributed by atoms with E-state index >= 15 is 4.39 Å². The highest BCUT2D eigenvalue weighted by Crippen LogP contribution is 2.48. The Morgan fingerprint density at radius 3 is 2.19 bits per heavy atom. The van der Waals surface area contributed by atoms with Gasteiger partial charge in [-0.05, 0) is 144 Å². The molecule has 1 fully saturated rings. The second-order valence-electron chi connectivity index (χ2n) is 17.9. The van der Waals surface area contributed by atoms with Gasteiger partial charge in [0.1, 0.15) is 11.5 Å². The van der Waals surface area contributed by atoms with Gasteiger partial charge in [0.25, 0.3) is 5.69 Å². The summed E-state index contributed by atoms with van der Waals surface area (Å²) in [6, 6.07) is 35.9. The Bertz CT molecular complexity index is 2910. The molecule has 2 unspecified atom stereocenters. The number of piperazine rings is 1. The molecule has 1 aromatic heterocycles. The van der Waals surface area contributed by atoms with Gasteiger partial charge >= 0.3 is 0 Å². The molecule has 17 heteroatoms. The van der Waals surface area contributed by atoms with E-state index in [0.29, 0.717) is 71.6 Å². The number of nitrogens with one attached hydrogen (secondary N) is 1. The summed E-state index contributed by atoms with van der Waals surface area (Å²) in [4.78, 5) is 20.2. The molecule has 0 bridgehead atoms. The zero-order valence-corrected chi connectivity index (χ0v) is 43.0. The van der Waals surface area contributed by atoms with E-state index in [2.05, 4.69) is 61.1 Å². The topological polar surface area (TPSA) is 116 Å². The monoisotopic (exact) mass is 1010 g/mol. The van der Waals surface area contributed by atoms with Crippen LogP contribution < -0.4 is 25.1 Å². The smallest absolute Gasteiger partial charge is 0.293 e. The number of halogens is 2. The van der Waals surface area contributed by atoms with Crippen LogP contribution >= 0.6 is 31.7 Å². The molecule has 0 spiro atoms. The largest absolute Gasteiger partial charge is 0.457 e. The van der Waals surface area contributed by atoms with Crippen LogP contribution in [0.25, 0.3) is 22.4 Å². The van der Waals surface area contributed by atoms with Crippen molar-refractivity contribution in [1.29, 1.82) is 0 Å². The summed E-state index contributed by atoms with van der Waals surface area (Å²) in [5.74, 6) is 0.301. The fraction of sp³-hybridized carbons (Fsp3) is 0.308. The summed E-state index contributed by atoms with van der Waals surface area (Å²) in [6.45, 7) is 9.81. The number of benzene rings is 5. The Hall–Kier alpha value is -5.57. The van der Waals surface area contributed by atoms with Crippen molar-refractivity contribution in [2.45, 2.75) is 49.1 Å². The minimum atomic E-state index is -3.73. The number of nitro groups is 1. The van der Waals surface area contributed by atoms with Gasteiger partial charge in [0.2, 0.25) is 8.30 Å². The zero-order valence-electron chi connectivity index (χ0n) is 39.7. The van der Waals surface area contributed by atoms with E-state index < -0.39 is 24.0 Å². The van der Waals surface area contributed by atoms with Gasteiger partial charge in [-0.15, -0.1) is 11.8 Å². The molecule has 5 aromatic carbocycles. The van der Waals surface area contributed by atoms with Gasteiger partial charge in [0.05, 0.1) is 21.8 Å². The molecule has 2 atom stereocenters. The Labute approximate surface area is 415 Å². The number of thioether (sulfide) groups is 1. The maximum Gasteiger partial charge on any atom is 0.293 e. The molecule has 0 amide bonds. The van der Waals surface area contributed by atoms with Crippen molar-refractivity contribution in [2.24, 2.45) is 0 Å². The van der Waals surface area contributed by atoms with Crippen molar-refractivity contribution >= 4 is 75.2 Å². The molecule has 8 rings (SSSR count). The highest BCUT2D eigenvalue weighted by molar-refractivity contribution is 7.99. The zero-order chi connectivity index (χ0) is 49.0. The van der Waals surface area contributed by atoms with Crippen LogP contribution in [0.1, 0.15) is 32.0 Å². The number of anilines is 4. The highest BCUT2D eigenvalue weighted by atomic mass is 35.5. The first-order chi connectivity index (χ1) is 33.0. The number of nitrogens with zero attached hydrogens (tertiary/aromatic N) is 6. The molecule has 1 saturated heterocycles. The van der Waals surface area contributed by atoms with Crippen LogP contribution in [-0.2, 0) is 14.4 Å². The minimum absolute atomic E-state index is 0.00103. The van der Waals surface area contributed by atoms with Gasteiger partial charge in [-0.3, -0.25) is 10.1 Å². The van der Waals surface area contributed by atoms with E-state index in [4.69, 9.17) is 16.1 Å². The van der Waals surface area contributed by atoms with Gasteiger partial charge in [0.15, 0.2) is 9.84 Å². The summed E-state index contributed by atoms with van der Waals surface area (Å²) in [5, 5.41) is 17.4. The van der Waals surface area contributed by atoms with E-state index in [1.807, 2.05) is 94.0 Å². The molecule has 0 aliphatic carbocycles. The van der Waals surface area contributed by atoms with Gasteiger partial charge < -0.3 is 33.8 Å². The van der Waals surface area contributed by atoms with Crippen molar-refractivity contribution in [3.8, 4) is 22.4 Å². The molecule has 1 N–H and O–H groups in total. The minimum Gasteiger partial charge on any atom is -0.457 e. The summed E-state index contributed by atoms with van der Waals surface area (Å²) in [7, 11) is -1.11. The standard InChI is InChI=1S/C52H58ClFN7O5PS2/c1-36(2)60-37(3)52(69(6,64)65)50(51(60)38-13-15-40(53)16-14-38)39-31-41(54)33-45(32-39)58-28-26-57(27-29-58)43-17-19-44(20-18-43)59-24-10-30-66-67(59)46-21-22-48(49(34-46)61(62)63)55-42(23-25-56(4)5)35-68-47-11-8-7-9-12-47/h7-22,30-34,36,42,55H,23-29,35H2,1-6H3. The molecule has 2 aliphatic rings. The van der Waals surface area contributed by atoms with Crippen LogP contribution in [0.4, 0.5) is 32.8 Å². The average molecular weight is 1010 g/mol. The molecule has 362 valence electrons. The predicted octanol–water partition coefficient (Wildman–Crippen LogP) is 11.7. The quantitative estimate of drug-likeness (QED) is 0.0407. The highest BCUT2D eigenvalue weighted by Gasteiger charge is 2.32. The first kappa shape index (κ1) is 49.8. The van der Waals surface area contributed by atoms with E-state index in [1.165, 1.54) is 18.4 Å². The maximum absolute atomic E-state index is 15.8. The summed E-state index contributed by atoms with van der Waals surface area (Å²) >= 11 is 8.01. The Morgan fingerprint density at radius 2 is 1.55 bits per heavy atom. The van der Waals surface area contributed by atoms with Crippen LogP contribution in [0, 0.1) is 22.9 Å². The van der Waals surface area contributed by atoms with Crippen LogP contribution in [0.2, 0.25) is 5.02 Å². The van der Waals surface area contributed by atoms with Crippen molar-refractivity contribution in [1.82, 2.24) is 9.47 Å². The SMILES string of the molecule is Cc1c(S(C)(=O)=O)c(-c2cc(F)cc(N3CCN(c4ccc(N5CC=COP5c5ccc(NC(CCN(C)C)CSc6ccccc6)c([N+](=O)[O-])c5)cc4)CC3)c2)c(-c2ccc(Cl)cc2)n1C(C)C. The molecule has 12 nitrogen and oxygen atoms in total. The number of aromatic nitrogens is 1. The Balaban J connectivity index is 0.983. The van der Waals surface area contributed by atoms with Crippen LogP contribution in [0.3, 0.4) is 0 Å². The average Bonchev–Trinajstić information content (AvgIpc) is 3.66. The third-order valence-electron chi connectivity index (χ3n) is 12.4. The number of nitro benzene ring substituents is 1. The van der Waals surface area contributed by atoms with Crippen molar-refractivity contribution in [3.63, 3.8) is 0 Å². The van der Waals surface area contributed by atoms with Gasteiger partial charge in [-0.2, -0.15) is 0 Å². The lowest BCUT2D eigenvalue weighted by Crippen LogP contribution is -2.46. The van der Waals surface area contributed by atoms with Crippen LogP contribution in [0.15, 0.2) is 137 Å². The number of rotatable bonds is 17. The lowest BCUT2D eigenvalue weighted by Gasteiger charge is -2.38. The van der Waals surface area contributed by atoms with Gasteiger partial charge in [-0.1, -0.05) is 41.9 Å². The predicted molar refractivity (Wildman–Crippen MR) is 284 cm³/mol. The van der Waals surface area contributed by atoms with E-state index in [-0.39, 0.29) is 27.6 Å².